The average molecular weight is 324 g/mol. The van der Waals surface area contributed by atoms with E-state index < -0.39 is 23.6 Å². The van der Waals surface area contributed by atoms with Crippen molar-refractivity contribution in [2.45, 2.75) is 19.0 Å². The molecule has 1 aromatic heterocycles. The fourth-order valence-corrected chi connectivity index (χ4v) is 2.93. The van der Waals surface area contributed by atoms with Crippen LogP contribution in [-0.4, -0.2) is 35.1 Å². The molecule has 1 N–H and O–H groups in total. The number of pyridine rings is 1. The molecule has 0 spiro atoms. The number of carbonyl (C=O) groups excluding carboxylic acids is 1. The molecule has 0 radical (unpaired) electrons. The lowest BCUT2D eigenvalue weighted by atomic mass is 9.97. The fourth-order valence-electron chi connectivity index (χ4n) is 2.93. The quantitative estimate of drug-likeness (QED) is 0.877. The molecule has 2 heterocycles. The predicted octanol–water partition coefficient (Wildman–Crippen LogP) is 2.94. The van der Waals surface area contributed by atoms with Gasteiger partial charge in [0.25, 0.3) is 11.5 Å². The van der Waals surface area contributed by atoms with Crippen molar-refractivity contribution in [2.24, 2.45) is 5.92 Å². The standard InChI is InChI=1S/C16H15F3N2O2/c17-16(18,19)11-5-3-7-21(9-11)15(23)13-8-10-4-1-2-6-12(10)14(22)20-13/h1-2,4,6,8,11H,3,5,7,9H2,(H,20,22). The molecule has 3 rings (SSSR count). The Morgan fingerprint density at radius 2 is 2.00 bits per heavy atom. The van der Waals surface area contributed by atoms with Gasteiger partial charge in [-0.3, -0.25) is 9.59 Å². The number of hydrogen-bond donors (Lipinski definition) is 1. The number of H-pyrrole nitrogens is 1. The van der Waals surface area contributed by atoms with E-state index in [0.717, 1.165) is 0 Å². The number of amides is 1. The number of nitrogens with zero attached hydrogens (tertiary/aromatic N) is 1. The zero-order valence-corrected chi connectivity index (χ0v) is 12.2. The second-order valence-electron chi connectivity index (χ2n) is 5.73. The number of aromatic nitrogens is 1. The highest BCUT2D eigenvalue weighted by molar-refractivity contribution is 5.96. The van der Waals surface area contributed by atoms with Crippen LogP contribution in [0.15, 0.2) is 35.1 Å². The van der Waals surface area contributed by atoms with Gasteiger partial charge in [-0.05, 0) is 30.4 Å². The summed E-state index contributed by atoms with van der Waals surface area (Å²) in [6.07, 6.45) is -3.98. The molecule has 0 aliphatic carbocycles. The molecule has 0 bridgehead atoms. The molecule has 7 heteroatoms. The molecule has 2 aromatic rings. The maximum absolute atomic E-state index is 12.9. The highest BCUT2D eigenvalue weighted by Crippen LogP contribution is 2.33. The molecule has 1 unspecified atom stereocenters. The molecular formula is C16H15F3N2O2. The third-order valence-corrected chi connectivity index (χ3v) is 4.16. The number of fused-ring (bicyclic) bond motifs is 1. The fraction of sp³-hybridized carbons (Fsp3) is 0.375. The lowest BCUT2D eigenvalue weighted by Crippen LogP contribution is -2.45. The van der Waals surface area contributed by atoms with Gasteiger partial charge in [0.15, 0.2) is 0 Å². The molecule has 1 saturated heterocycles. The third kappa shape index (κ3) is 3.09. The Hall–Kier alpha value is -2.31. The van der Waals surface area contributed by atoms with Gasteiger partial charge in [0.2, 0.25) is 0 Å². The van der Waals surface area contributed by atoms with E-state index in [4.69, 9.17) is 0 Å². The van der Waals surface area contributed by atoms with Gasteiger partial charge in [0.05, 0.1) is 5.92 Å². The number of likely N-dealkylation sites (tertiary alicyclic amines) is 1. The number of halogens is 3. The number of benzene rings is 1. The molecule has 1 aliphatic rings. The van der Waals surface area contributed by atoms with Gasteiger partial charge in [-0.15, -0.1) is 0 Å². The lowest BCUT2D eigenvalue weighted by molar-refractivity contribution is -0.184. The second-order valence-corrected chi connectivity index (χ2v) is 5.73. The Bertz CT molecular complexity index is 798. The topological polar surface area (TPSA) is 53.2 Å². The summed E-state index contributed by atoms with van der Waals surface area (Å²) >= 11 is 0. The summed E-state index contributed by atoms with van der Waals surface area (Å²) in [5, 5.41) is 1.03. The van der Waals surface area contributed by atoms with Crippen molar-refractivity contribution in [1.82, 2.24) is 9.88 Å². The predicted molar refractivity (Wildman–Crippen MR) is 79.3 cm³/mol. The van der Waals surface area contributed by atoms with Crippen molar-refractivity contribution >= 4 is 16.7 Å². The molecule has 1 aliphatic heterocycles. The van der Waals surface area contributed by atoms with Crippen LogP contribution in [0.4, 0.5) is 13.2 Å². The number of rotatable bonds is 1. The van der Waals surface area contributed by atoms with E-state index in [9.17, 15) is 22.8 Å². The summed E-state index contributed by atoms with van der Waals surface area (Å²) in [5.41, 5.74) is -0.396. The molecule has 1 aromatic carbocycles. The summed E-state index contributed by atoms with van der Waals surface area (Å²) in [6.45, 7) is -0.0997. The highest BCUT2D eigenvalue weighted by atomic mass is 19.4. The average Bonchev–Trinajstić information content (AvgIpc) is 2.53. The normalized spacial score (nSPS) is 19.1. The summed E-state index contributed by atoms with van der Waals surface area (Å²) in [7, 11) is 0. The molecule has 1 amide bonds. The van der Waals surface area contributed by atoms with Crippen LogP contribution in [0.5, 0.6) is 0 Å². The Morgan fingerprint density at radius 1 is 1.26 bits per heavy atom. The number of hydrogen-bond acceptors (Lipinski definition) is 2. The first-order chi connectivity index (χ1) is 10.9. The molecule has 23 heavy (non-hydrogen) atoms. The van der Waals surface area contributed by atoms with Crippen molar-refractivity contribution < 1.29 is 18.0 Å². The zero-order valence-electron chi connectivity index (χ0n) is 12.2. The lowest BCUT2D eigenvalue weighted by Gasteiger charge is -2.33. The van der Waals surface area contributed by atoms with E-state index in [1.165, 1.54) is 11.0 Å². The van der Waals surface area contributed by atoms with Crippen LogP contribution in [0, 0.1) is 5.92 Å². The smallest absolute Gasteiger partial charge is 0.337 e. The molecular weight excluding hydrogens is 309 g/mol. The van der Waals surface area contributed by atoms with E-state index in [-0.39, 0.29) is 25.2 Å². The Labute approximate surface area is 129 Å². The number of piperidine rings is 1. The van der Waals surface area contributed by atoms with E-state index in [0.29, 0.717) is 17.2 Å². The van der Waals surface area contributed by atoms with Gasteiger partial charge in [0.1, 0.15) is 5.69 Å². The minimum Gasteiger partial charge on any atom is -0.337 e. The summed E-state index contributed by atoms with van der Waals surface area (Å²) in [4.78, 5) is 28.1. The van der Waals surface area contributed by atoms with Gasteiger partial charge in [0, 0.05) is 18.5 Å². The number of aromatic amines is 1. The van der Waals surface area contributed by atoms with Crippen LogP contribution >= 0.6 is 0 Å². The molecule has 4 nitrogen and oxygen atoms in total. The van der Waals surface area contributed by atoms with Crippen molar-refractivity contribution in [3.05, 3.63) is 46.4 Å². The van der Waals surface area contributed by atoms with Gasteiger partial charge in [-0.2, -0.15) is 13.2 Å². The van der Waals surface area contributed by atoms with Crippen molar-refractivity contribution in [1.29, 1.82) is 0 Å². The van der Waals surface area contributed by atoms with Crippen LogP contribution in [0.25, 0.3) is 10.8 Å². The monoisotopic (exact) mass is 324 g/mol. The van der Waals surface area contributed by atoms with Crippen LogP contribution in [0.1, 0.15) is 23.3 Å². The SMILES string of the molecule is O=C(c1cc2ccccc2c(=O)[nH]1)N1CCCC(C(F)(F)F)C1. The first-order valence-electron chi connectivity index (χ1n) is 7.34. The van der Waals surface area contributed by atoms with E-state index in [1.807, 2.05) is 0 Å². The number of carbonyl (C=O) groups is 1. The maximum Gasteiger partial charge on any atom is 0.393 e. The first kappa shape index (κ1) is 15.6. The molecule has 122 valence electrons. The van der Waals surface area contributed by atoms with E-state index in [1.54, 1.807) is 24.3 Å². The Balaban J connectivity index is 1.90. The minimum absolute atomic E-state index is 0.0246. The van der Waals surface area contributed by atoms with Gasteiger partial charge in [-0.1, -0.05) is 18.2 Å². The van der Waals surface area contributed by atoms with Gasteiger partial charge < -0.3 is 9.88 Å². The first-order valence-corrected chi connectivity index (χ1v) is 7.34. The van der Waals surface area contributed by atoms with Crippen LogP contribution in [-0.2, 0) is 0 Å². The van der Waals surface area contributed by atoms with Crippen molar-refractivity contribution in [3.63, 3.8) is 0 Å². The zero-order chi connectivity index (χ0) is 16.6. The molecule has 1 atom stereocenters. The summed E-state index contributed by atoms with van der Waals surface area (Å²) < 4.78 is 38.6. The van der Waals surface area contributed by atoms with E-state index in [2.05, 4.69) is 4.98 Å². The summed E-state index contributed by atoms with van der Waals surface area (Å²) in [5.74, 6) is -2.07. The molecule has 1 fully saturated rings. The van der Waals surface area contributed by atoms with Crippen molar-refractivity contribution in [2.75, 3.05) is 13.1 Å². The summed E-state index contributed by atoms with van der Waals surface area (Å²) in [6, 6.07) is 8.27. The van der Waals surface area contributed by atoms with Gasteiger partial charge in [-0.25, -0.2) is 0 Å². The second kappa shape index (κ2) is 5.72. The van der Waals surface area contributed by atoms with Crippen LogP contribution in [0.2, 0.25) is 0 Å². The van der Waals surface area contributed by atoms with Gasteiger partial charge >= 0.3 is 6.18 Å². The van der Waals surface area contributed by atoms with E-state index >= 15 is 0 Å². The number of alkyl halides is 3. The van der Waals surface area contributed by atoms with Crippen molar-refractivity contribution in [3.8, 4) is 0 Å². The maximum atomic E-state index is 12.9. The number of nitrogens with one attached hydrogen (secondary N) is 1. The third-order valence-electron chi connectivity index (χ3n) is 4.16. The van der Waals surface area contributed by atoms with Crippen LogP contribution < -0.4 is 5.56 Å². The highest BCUT2D eigenvalue weighted by Gasteiger charge is 2.42. The molecule has 0 saturated carbocycles. The minimum atomic E-state index is -4.31. The van der Waals surface area contributed by atoms with Crippen LogP contribution in [0.3, 0.4) is 0 Å². The largest absolute Gasteiger partial charge is 0.393 e. The Morgan fingerprint density at radius 3 is 2.74 bits per heavy atom. The Kier molecular flexibility index (Phi) is 3.87.